The fourth-order valence-corrected chi connectivity index (χ4v) is 1.32. The highest BCUT2D eigenvalue weighted by atomic mass is 16.6. The molecule has 104 valence electrons. The molecule has 0 radical (unpaired) electrons. The molecule has 0 aromatic heterocycles. The van der Waals surface area contributed by atoms with Gasteiger partial charge in [0.1, 0.15) is 0 Å². The van der Waals surface area contributed by atoms with Gasteiger partial charge in [-0.25, -0.2) is 0 Å². The first-order valence-corrected chi connectivity index (χ1v) is 5.65. The normalized spacial score (nSPS) is 11.8. The Balaban J connectivity index is 5.62. The van der Waals surface area contributed by atoms with E-state index in [1.165, 1.54) is 20.8 Å². The van der Waals surface area contributed by atoms with E-state index in [1.807, 2.05) is 0 Å². The molecule has 0 saturated carbocycles. The van der Waals surface area contributed by atoms with Crippen molar-refractivity contribution >= 4 is 11.9 Å². The maximum atomic E-state index is 11.9. The molecular weight excluding hydrogens is 242 g/mol. The van der Waals surface area contributed by atoms with Crippen molar-refractivity contribution in [3.8, 4) is 0 Å². The van der Waals surface area contributed by atoms with E-state index in [0.29, 0.717) is 0 Å². The number of rotatable bonds is 6. The second-order valence-corrected chi connectivity index (χ2v) is 4.38. The average molecular weight is 261 g/mol. The summed E-state index contributed by atoms with van der Waals surface area (Å²) in [7, 11) is 0. The van der Waals surface area contributed by atoms with Crippen LogP contribution < -0.4 is 0 Å². The van der Waals surface area contributed by atoms with E-state index in [9.17, 15) is 19.7 Å². The zero-order chi connectivity index (χ0) is 14.6. The zero-order valence-corrected chi connectivity index (χ0v) is 11.3. The van der Waals surface area contributed by atoms with Crippen LogP contribution in [0.1, 0.15) is 34.6 Å². The van der Waals surface area contributed by atoms with Crippen LogP contribution in [-0.2, 0) is 19.1 Å². The lowest BCUT2D eigenvalue weighted by Crippen LogP contribution is -2.58. The molecule has 0 fully saturated rings. The molecule has 7 heteroatoms. The van der Waals surface area contributed by atoms with Gasteiger partial charge in [0.2, 0.25) is 11.0 Å². The van der Waals surface area contributed by atoms with E-state index in [1.54, 1.807) is 13.8 Å². The molecule has 0 saturated heterocycles. The molecule has 0 unspecified atom stereocenters. The Morgan fingerprint density at radius 2 is 1.39 bits per heavy atom. The Hall–Kier alpha value is -1.66. The summed E-state index contributed by atoms with van der Waals surface area (Å²) in [5.74, 6) is -1.91. The van der Waals surface area contributed by atoms with Crippen molar-refractivity contribution in [2.24, 2.45) is 5.41 Å². The number of carbonyl (C=O) groups is 2. The second kappa shape index (κ2) is 5.79. The molecule has 0 amide bonds. The molecule has 0 aliphatic carbocycles. The molecule has 0 heterocycles. The molecule has 0 rings (SSSR count). The first kappa shape index (κ1) is 16.3. The summed E-state index contributed by atoms with van der Waals surface area (Å²) >= 11 is 0. The summed E-state index contributed by atoms with van der Waals surface area (Å²) in [5.41, 5.74) is -3.81. The van der Waals surface area contributed by atoms with Gasteiger partial charge in [0.05, 0.1) is 13.2 Å². The van der Waals surface area contributed by atoms with E-state index in [4.69, 9.17) is 9.47 Å². The predicted molar refractivity (Wildman–Crippen MR) is 62.4 cm³/mol. The number of esters is 2. The van der Waals surface area contributed by atoms with Gasteiger partial charge in [-0.2, -0.15) is 0 Å². The summed E-state index contributed by atoms with van der Waals surface area (Å²) in [6.45, 7) is 6.74. The molecule has 0 aliphatic rings. The zero-order valence-electron chi connectivity index (χ0n) is 11.3. The van der Waals surface area contributed by atoms with E-state index < -0.39 is 27.8 Å². The Bertz CT molecular complexity index is 331. The number of hydrogen-bond acceptors (Lipinski definition) is 6. The van der Waals surface area contributed by atoms with Gasteiger partial charge in [0, 0.05) is 18.8 Å². The Morgan fingerprint density at radius 1 is 1.06 bits per heavy atom. The van der Waals surface area contributed by atoms with Gasteiger partial charge >= 0.3 is 11.9 Å². The molecule has 0 N–H and O–H groups in total. The van der Waals surface area contributed by atoms with Crippen LogP contribution in [0, 0.1) is 15.5 Å². The van der Waals surface area contributed by atoms with Gasteiger partial charge in [0.15, 0.2) is 0 Å². The fraction of sp³-hybridized carbons (Fsp3) is 0.818. The number of ether oxygens (including phenoxy) is 2. The lowest BCUT2D eigenvalue weighted by Gasteiger charge is -2.32. The Morgan fingerprint density at radius 3 is 1.61 bits per heavy atom. The van der Waals surface area contributed by atoms with Crippen LogP contribution >= 0.6 is 0 Å². The Kier molecular flexibility index (Phi) is 5.26. The number of nitrogens with zero attached hydrogens (tertiary/aromatic N) is 1. The molecular formula is C11H19NO6. The van der Waals surface area contributed by atoms with Crippen molar-refractivity contribution in [2.45, 2.75) is 40.2 Å². The van der Waals surface area contributed by atoms with E-state index in [0.717, 1.165) is 0 Å². The highest BCUT2D eigenvalue weighted by Crippen LogP contribution is 2.36. The van der Waals surface area contributed by atoms with Gasteiger partial charge in [-0.05, 0) is 20.8 Å². The topological polar surface area (TPSA) is 95.7 Å². The molecule has 18 heavy (non-hydrogen) atoms. The monoisotopic (exact) mass is 261 g/mol. The maximum Gasteiger partial charge on any atom is 0.330 e. The lowest BCUT2D eigenvalue weighted by molar-refractivity contribution is -0.574. The molecule has 0 bridgehead atoms. The average Bonchev–Trinajstić information content (AvgIpc) is 2.27. The number of nitro groups is 1. The molecule has 7 nitrogen and oxygen atoms in total. The molecule has 0 aromatic rings. The van der Waals surface area contributed by atoms with E-state index >= 15 is 0 Å². The van der Waals surface area contributed by atoms with Crippen LogP contribution in [-0.4, -0.2) is 35.6 Å². The lowest BCUT2D eigenvalue weighted by atomic mass is 9.73. The molecule has 0 aliphatic heterocycles. The minimum atomic E-state index is -1.98. The molecule has 0 spiro atoms. The van der Waals surface area contributed by atoms with Gasteiger partial charge in [-0.1, -0.05) is 0 Å². The number of carbonyl (C=O) groups excluding carboxylic acids is 2. The van der Waals surface area contributed by atoms with Crippen molar-refractivity contribution in [2.75, 3.05) is 13.2 Å². The third kappa shape index (κ3) is 2.60. The minimum absolute atomic E-state index is 0.0294. The van der Waals surface area contributed by atoms with Crippen LogP contribution in [0.4, 0.5) is 0 Å². The predicted octanol–water partition coefficient (Wildman–Crippen LogP) is 1.17. The summed E-state index contributed by atoms with van der Waals surface area (Å²) in [4.78, 5) is 34.2. The first-order valence-electron chi connectivity index (χ1n) is 5.65. The van der Waals surface area contributed by atoms with Crippen molar-refractivity contribution in [1.82, 2.24) is 0 Å². The third-order valence-electron chi connectivity index (χ3n) is 3.05. The number of hydrogen-bond donors (Lipinski definition) is 0. The minimum Gasteiger partial charge on any atom is -0.465 e. The fourth-order valence-electron chi connectivity index (χ4n) is 1.32. The van der Waals surface area contributed by atoms with Crippen molar-refractivity contribution in [3.05, 3.63) is 10.1 Å². The van der Waals surface area contributed by atoms with Crippen LogP contribution in [0.3, 0.4) is 0 Å². The quantitative estimate of drug-likeness (QED) is 0.308. The van der Waals surface area contributed by atoms with Gasteiger partial charge < -0.3 is 9.47 Å². The van der Waals surface area contributed by atoms with Crippen LogP contribution in [0.15, 0.2) is 0 Å². The third-order valence-corrected chi connectivity index (χ3v) is 3.05. The largest absolute Gasteiger partial charge is 0.465 e. The van der Waals surface area contributed by atoms with Gasteiger partial charge in [0.25, 0.3) is 0 Å². The Labute approximate surface area is 106 Å². The van der Waals surface area contributed by atoms with Crippen molar-refractivity contribution in [3.63, 3.8) is 0 Å². The summed E-state index contributed by atoms with van der Waals surface area (Å²) in [6.07, 6.45) is 0. The van der Waals surface area contributed by atoms with Crippen LogP contribution in [0.25, 0.3) is 0 Å². The summed E-state index contributed by atoms with van der Waals surface area (Å²) < 4.78 is 9.53. The van der Waals surface area contributed by atoms with Gasteiger partial charge in [-0.15, -0.1) is 0 Å². The van der Waals surface area contributed by atoms with Crippen LogP contribution in [0.2, 0.25) is 0 Å². The van der Waals surface area contributed by atoms with Crippen molar-refractivity contribution < 1.29 is 24.0 Å². The van der Waals surface area contributed by atoms with Crippen molar-refractivity contribution in [1.29, 1.82) is 0 Å². The van der Waals surface area contributed by atoms with Gasteiger partial charge in [-0.3, -0.25) is 19.7 Å². The summed E-state index contributed by atoms with van der Waals surface area (Å²) in [5, 5.41) is 11.1. The molecule has 0 aromatic carbocycles. The highest BCUT2D eigenvalue weighted by molar-refractivity contribution is 6.01. The van der Waals surface area contributed by atoms with E-state index in [-0.39, 0.29) is 13.2 Å². The maximum absolute atomic E-state index is 11.9. The SMILES string of the molecule is CCOC(=O)C(C)(C(=O)OCC)C(C)(C)[N+](=O)[O-]. The highest BCUT2D eigenvalue weighted by Gasteiger charge is 2.64. The standard InChI is InChI=1S/C11H19NO6/c1-6-17-8(13)11(5,9(14)18-7-2)10(3,4)12(15)16/h6-7H2,1-5H3. The summed E-state index contributed by atoms with van der Waals surface area (Å²) in [6, 6.07) is 0. The second-order valence-electron chi connectivity index (χ2n) is 4.38. The first-order chi connectivity index (χ1) is 8.16. The molecule has 0 atom stereocenters. The van der Waals surface area contributed by atoms with Crippen LogP contribution in [0.5, 0.6) is 0 Å². The smallest absolute Gasteiger partial charge is 0.330 e. The van der Waals surface area contributed by atoms with E-state index in [2.05, 4.69) is 0 Å².